The maximum atomic E-state index is 13.2. The van der Waals surface area contributed by atoms with Gasteiger partial charge in [-0.1, -0.05) is 0 Å². The molecule has 1 fully saturated rings. The number of nitrogens with zero attached hydrogens (tertiary/aromatic N) is 1. The third kappa shape index (κ3) is 1.86. The average Bonchev–Trinajstić information content (AvgIpc) is 2.59. The Balaban J connectivity index is 2.30. The maximum Gasteiger partial charge on any atom is 0.228 e. The number of rotatable bonds is 2. The zero-order chi connectivity index (χ0) is 11.7. The van der Waals surface area contributed by atoms with Crippen LogP contribution in [0, 0.1) is 5.82 Å². The first-order valence-electron chi connectivity index (χ1n) is 5.01. The Labute approximate surface area is 92.8 Å². The Bertz CT molecular complexity index is 422. The molecule has 1 saturated heterocycles. The standard InChI is InChI=1S/C11H13FN2O2/c1-16-10-5-8(2-3-9(10)12)14-6-7(13)4-11(14)15/h2-3,5,7H,4,6,13H2,1H3. The third-order valence-corrected chi connectivity index (χ3v) is 2.60. The van der Waals surface area contributed by atoms with Crippen LogP contribution in [0.4, 0.5) is 10.1 Å². The van der Waals surface area contributed by atoms with Crippen LogP contribution in [0.15, 0.2) is 18.2 Å². The van der Waals surface area contributed by atoms with E-state index in [-0.39, 0.29) is 17.7 Å². The molecule has 0 aliphatic carbocycles. The zero-order valence-electron chi connectivity index (χ0n) is 8.94. The van der Waals surface area contributed by atoms with E-state index in [9.17, 15) is 9.18 Å². The highest BCUT2D eigenvalue weighted by Gasteiger charge is 2.28. The molecule has 0 bridgehead atoms. The van der Waals surface area contributed by atoms with Crippen LogP contribution in [-0.2, 0) is 4.79 Å². The number of hydrogen-bond donors (Lipinski definition) is 1. The number of benzene rings is 1. The van der Waals surface area contributed by atoms with E-state index in [4.69, 9.17) is 10.5 Å². The summed E-state index contributed by atoms with van der Waals surface area (Å²) >= 11 is 0. The molecule has 4 nitrogen and oxygen atoms in total. The van der Waals surface area contributed by atoms with Gasteiger partial charge in [0.05, 0.1) is 7.11 Å². The Morgan fingerprint density at radius 2 is 2.31 bits per heavy atom. The van der Waals surface area contributed by atoms with Crippen LogP contribution in [0.3, 0.4) is 0 Å². The summed E-state index contributed by atoms with van der Waals surface area (Å²) in [5.74, 6) is -0.353. The second-order valence-corrected chi connectivity index (χ2v) is 3.79. The number of hydrogen-bond acceptors (Lipinski definition) is 3. The van der Waals surface area contributed by atoms with Crippen LogP contribution in [0.1, 0.15) is 6.42 Å². The number of methoxy groups -OCH3 is 1. The van der Waals surface area contributed by atoms with Gasteiger partial charge in [0.1, 0.15) is 0 Å². The van der Waals surface area contributed by atoms with Crippen LogP contribution in [0.2, 0.25) is 0 Å². The van der Waals surface area contributed by atoms with Gasteiger partial charge in [-0.15, -0.1) is 0 Å². The zero-order valence-corrected chi connectivity index (χ0v) is 8.94. The van der Waals surface area contributed by atoms with Gasteiger partial charge in [-0.3, -0.25) is 4.79 Å². The lowest BCUT2D eigenvalue weighted by Crippen LogP contribution is -2.27. The summed E-state index contributed by atoms with van der Waals surface area (Å²) in [6.45, 7) is 0.466. The lowest BCUT2D eigenvalue weighted by atomic mass is 10.2. The van der Waals surface area contributed by atoms with Crippen molar-refractivity contribution in [2.45, 2.75) is 12.5 Å². The molecule has 1 aromatic carbocycles. The predicted molar refractivity (Wildman–Crippen MR) is 57.9 cm³/mol. The fourth-order valence-corrected chi connectivity index (χ4v) is 1.80. The first-order valence-corrected chi connectivity index (χ1v) is 5.01. The smallest absolute Gasteiger partial charge is 0.228 e. The second kappa shape index (κ2) is 4.09. The number of anilines is 1. The van der Waals surface area contributed by atoms with Crippen LogP contribution in [0.25, 0.3) is 0 Å². The summed E-state index contributed by atoms with van der Waals surface area (Å²) < 4.78 is 18.0. The largest absolute Gasteiger partial charge is 0.494 e. The average molecular weight is 224 g/mol. The van der Waals surface area contributed by atoms with Crippen molar-refractivity contribution in [1.82, 2.24) is 0 Å². The van der Waals surface area contributed by atoms with Crippen molar-refractivity contribution in [3.63, 3.8) is 0 Å². The van der Waals surface area contributed by atoms with Gasteiger partial charge in [-0.2, -0.15) is 0 Å². The van der Waals surface area contributed by atoms with E-state index in [1.54, 1.807) is 11.0 Å². The Hall–Kier alpha value is -1.62. The maximum absolute atomic E-state index is 13.2. The fraction of sp³-hybridized carbons (Fsp3) is 0.364. The summed E-state index contributed by atoms with van der Waals surface area (Å²) in [6.07, 6.45) is 0.333. The molecule has 16 heavy (non-hydrogen) atoms. The number of halogens is 1. The fourth-order valence-electron chi connectivity index (χ4n) is 1.80. The van der Waals surface area contributed by atoms with Gasteiger partial charge in [0, 0.05) is 30.8 Å². The lowest BCUT2D eigenvalue weighted by molar-refractivity contribution is -0.117. The van der Waals surface area contributed by atoms with E-state index in [0.29, 0.717) is 18.7 Å². The first kappa shape index (κ1) is 10.9. The highest BCUT2D eigenvalue weighted by atomic mass is 19.1. The summed E-state index contributed by atoms with van der Waals surface area (Å²) in [5, 5.41) is 0. The van der Waals surface area contributed by atoms with Gasteiger partial charge in [0.2, 0.25) is 5.91 Å². The van der Waals surface area contributed by atoms with Crippen molar-refractivity contribution in [3.05, 3.63) is 24.0 Å². The van der Waals surface area contributed by atoms with Crippen LogP contribution >= 0.6 is 0 Å². The second-order valence-electron chi connectivity index (χ2n) is 3.79. The molecule has 1 aromatic rings. The van der Waals surface area contributed by atoms with Gasteiger partial charge in [0.15, 0.2) is 11.6 Å². The molecule has 1 unspecified atom stereocenters. The predicted octanol–water partition coefficient (Wildman–Crippen LogP) is 0.898. The van der Waals surface area contributed by atoms with Crippen molar-refractivity contribution >= 4 is 11.6 Å². The molecule has 86 valence electrons. The molecule has 5 heteroatoms. The van der Waals surface area contributed by atoms with E-state index in [1.807, 2.05) is 0 Å². The van der Waals surface area contributed by atoms with E-state index in [1.165, 1.54) is 19.2 Å². The van der Waals surface area contributed by atoms with Crippen molar-refractivity contribution in [1.29, 1.82) is 0 Å². The molecule has 0 saturated carbocycles. The van der Waals surface area contributed by atoms with Crippen molar-refractivity contribution in [2.75, 3.05) is 18.6 Å². The quantitative estimate of drug-likeness (QED) is 0.812. The molecule has 1 heterocycles. The molecule has 1 amide bonds. The molecule has 0 spiro atoms. The number of nitrogens with two attached hydrogens (primary N) is 1. The number of carbonyl (C=O) groups is 1. The SMILES string of the molecule is COc1cc(N2CC(N)CC2=O)ccc1F. The molecule has 2 rings (SSSR count). The topological polar surface area (TPSA) is 55.6 Å². The van der Waals surface area contributed by atoms with Gasteiger partial charge in [-0.25, -0.2) is 4.39 Å². The Morgan fingerprint density at radius 1 is 1.56 bits per heavy atom. The molecular weight excluding hydrogens is 211 g/mol. The van der Waals surface area contributed by atoms with Crippen LogP contribution < -0.4 is 15.4 Å². The van der Waals surface area contributed by atoms with Crippen molar-refractivity contribution in [2.24, 2.45) is 5.73 Å². The van der Waals surface area contributed by atoms with Gasteiger partial charge < -0.3 is 15.4 Å². The molecule has 0 aromatic heterocycles. The summed E-state index contributed by atoms with van der Waals surface area (Å²) in [6, 6.07) is 4.19. The summed E-state index contributed by atoms with van der Waals surface area (Å²) in [7, 11) is 1.39. The molecular formula is C11H13FN2O2. The Kier molecular flexibility index (Phi) is 2.78. The minimum atomic E-state index is -0.442. The van der Waals surface area contributed by atoms with Gasteiger partial charge in [0.25, 0.3) is 0 Å². The molecule has 1 atom stereocenters. The Morgan fingerprint density at radius 3 is 2.88 bits per heavy atom. The van der Waals surface area contributed by atoms with Crippen LogP contribution in [-0.4, -0.2) is 25.6 Å². The van der Waals surface area contributed by atoms with E-state index < -0.39 is 5.82 Å². The van der Waals surface area contributed by atoms with E-state index >= 15 is 0 Å². The molecule has 1 aliphatic rings. The first-order chi connectivity index (χ1) is 7.61. The summed E-state index contributed by atoms with van der Waals surface area (Å²) in [4.78, 5) is 13.1. The van der Waals surface area contributed by atoms with Gasteiger partial charge >= 0.3 is 0 Å². The highest BCUT2D eigenvalue weighted by molar-refractivity contribution is 5.96. The van der Waals surface area contributed by atoms with E-state index in [2.05, 4.69) is 0 Å². The molecule has 1 aliphatic heterocycles. The van der Waals surface area contributed by atoms with Gasteiger partial charge in [-0.05, 0) is 12.1 Å². The number of carbonyl (C=O) groups excluding carboxylic acids is 1. The molecule has 2 N–H and O–H groups in total. The number of amides is 1. The third-order valence-electron chi connectivity index (χ3n) is 2.60. The summed E-state index contributed by atoms with van der Waals surface area (Å²) in [5.41, 5.74) is 6.31. The highest BCUT2D eigenvalue weighted by Crippen LogP contribution is 2.27. The van der Waals surface area contributed by atoms with Crippen molar-refractivity contribution < 1.29 is 13.9 Å². The van der Waals surface area contributed by atoms with Crippen LogP contribution in [0.5, 0.6) is 5.75 Å². The monoisotopic (exact) mass is 224 g/mol. The minimum absolute atomic E-state index is 0.0406. The lowest BCUT2D eigenvalue weighted by Gasteiger charge is -2.16. The minimum Gasteiger partial charge on any atom is -0.494 e. The number of ether oxygens (including phenoxy) is 1. The normalized spacial score (nSPS) is 20.3. The van der Waals surface area contributed by atoms with E-state index in [0.717, 1.165) is 0 Å². The molecule has 0 radical (unpaired) electrons. The van der Waals surface area contributed by atoms with Crippen molar-refractivity contribution in [3.8, 4) is 5.75 Å².